The third-order valence-corrected chi connectivity index (χ3v) is 1.93. The Hall–Kier alpha value is -1.82. The van der Waals surface area contributed by atoms with E-state index in [2.05, 4.69) is 11.1 Å². The number of rotatable bonds is 1. The van der Waals surface area contributed by atoms with Gasteiger partial charge in [0.05, 0.1) is 6.07 Å². The van der Waals surface area contributed by atoms with Gasteiger partial charge in [-0.1, -0.05) is 0 Å². The Bertz CT molecular complexity index is 434. The molecule has 0 saturated carbocycles. The molecule has 13 heavy (non-hydrogen) atoms. The topological polar surface area (TPSA) is 49.8 Å². The van der Waals surface area contributed by atoms with Gasteiger partial charge in [-0.05, 0) is 19.1 Å². The van der Waals surface area contributed by atoms with E-state index >= 15 is 0 Å². The van der Waals surface area contributed by atoms with Crippen molar-refractivity contribution >= 4 is 11.1 Å². The third-order valence-electron chi connectivity index (χ3n) is 1.93. The lowest BCUT2D eigenvalue weighted by Crippen LogP contribution is -1.83. The summed E-state index contributed by atoms with van der Waals surface area (Å²) in [5.41, 5.74) is 1.54. The maximum Gasteiger partial charge on any atom is 0.152 e. The van der Waals surface area contributed by atoms with E-state index in [1.165, 1.54) is 0 Å². The first-order valence-corrected chi connectivity index (χ1v) is 4.05. The van der Waals surface area contributed by atoms with Crippen LogP contribution in [0.3, 0.4) is 0 Å². The lowest BCUT2D eigenvalue weighted by molar-refractivity contribution is 0.540. The van der Waals surface area contributed by atoms with Crippen molar-refractivity contribution < 1.29 is 4.42 Å². The molecule has 2 aromatic heterocycles. The second-order valence-corrected chi connectivity index (χ2v) is 2.89. The number of hydrogen-bond acceptors (Lipinski definition) is 3. The second-order valence-electron chi connectivity index (χ2n) is 2.89. The van der Waals surface area contributed by atoms with Crippen molar-refractivity contribution in [2.24, 2.45) is 0 Å². The van der Waals surface area contributed by atoms with Crippen molar-refractivity contribution in [3.8, 4) is 6.07 Å². The molecule has 0 radical (unpaired) electrons. The number of fused-ring (bicyclic) bond motifs is 1. The van der Waals surface area contributed by atoms with Crippen LogP contribution in [-0.2, 0) is 0 Å². The summed E-state index contributed by atoms with van der Waals surface area (Å²) in [5, 5.41) is 8.68. The standard InChI is InChI=1S/C10H8N2O/c1-7(6-11)10-5-8-9(13-10)3-2-4-12-8/h2-5,7H,1H3. The number of hydrogen-bond donors (Lipinski definition) is 0. The van der Waals surface area contributed by atoms with Gasteiger partial charge in [0, 0.05) is 12.3 Å². The summed E-state index contributed by atoms with van der Waals surface area (Å²) in [6.45, 7) is 1.80. The van der Waals surface area contributed by atoms with E-state index in [9.17, 15) is 0 Å². The molecule has 2 rings (SSSR count). The summed E-state index contributed by atoms with van der Waals surface area (Å²) >= 11 is 0. The first-order valence-electron chi connectivity index (χ1n) is 4.05. The smallest absolute Gasteiger partial charge is 0.152 e. The highest BCUT2D eigenvalue weighted by Gasteiger charge is 2.10. The molecule has 1 atom stereocenters. The molecule has 1 unspecified atom stereocenters. The van der Waals surface area contributed by atoms with E-state index < -0.39 is 0 Å². The first-order chi connectivity index (χ1) is 6.31. The van der Waals surface area contributed by atoms with Gasteiger partial charge in [-0.2, -0.15) is 5.26 Å². The molecule has 0 aliphatic carbocycles. The van der Waals surface area contributed by atoms with Gasteiger partial charge < -0.3 is 4.42 Å². The Morgan fingerprint density at radius 1 is 1.62 bits per heavy atom. The van der Waals surface area contributed by atoms with Crippen LogP contribution in [0, 0.1) is 11.3 Å². The highest BCUT2D eigenvalue weighted by Crippen LogP contribution is 2.22. The van der Waals surface area contributed by atoms with E-state index in [0.29, 0.717) is 5.76 Å². The number of nitriles is 1. The fourth-order valence-electron chi connectivity index (χ4n) is 1.17. The van der Waals surface area contributed by atoms with Crippen molar-refractivity contribution in [3.05, 3.63) is 30.2 Å². The largest absolute Gasteiger partial charge is 0.458 e. The second kappa shape index (κ2) is 2.91. The Balaban J connectivity index is 2.57. The van der Waals surface area contributed by atoms with Crippen LogP contribution in [0.4, 0.5) is 0 Å². The average molecular weight is 172 g/mol. The van der Waals surface area contributed by atoms with Gasteiger partial charge in [0.2, 0.25) is 0 Å². The third kappa shape index (κ3) is 1.27. The van der Waals surface area contributed by atoms with Gasteiger partial charge in [-0.3, -0.25) is 4.98 Å². The van der Waals surface area contributed by atoms with Crippen LogP contribution in [-0.4, -0.2) is 4.98 Å². The van der Waals surface area contributed by atoms with Crippen molar-refractivity contribution in [2.45, 2.75) is 12.8 Å². The lowest BCUT2D eigenvalue weighted by Gasteiger charge is -1.92. The zero-order chi connectivity index (χ0) is 9.26. The van der Waals surface area contributed by atoms with Crippen LogP contribution in [0.5, 0.6) is 0 Å². The van der Waals surface area contributed by atoms with Crippen LogP contribution in [0.25, 0.3) is 11.1 Å². The van der Waals surface area contributed by atoms with E-state index in [1.807, 2.05) is 18.2 Å². The summed E-state index contributed by atoms with van der Waals surface area (Å²) in [6, 6.07) is 7.58. The minimum absolute atomic E-state index is 0.214. The van der Waals surface area contributed by atoms with Crippen LogP contribution >= 0.6 is 0 Å². The molecule has 0 aromatic carbocycles. The summed E-state index contributed by atoms with van der Waals surface area (Å²) in [7, 11) is 0. The molecule has 0 aliphatic rings. The van der Waals surface area contributed by atoms with Crippen LogP contribution < -0.4 is 0 Å². The minimum Gasteiger partial charge on any atom is -0.458 e. The van der Waals surface area contributed by atoms with E-state index in [4.69, 9.17) is 9.68 Å². The Kier molecular flexibility index (Phi) is 1.75. The maximum absolute atomic E-state index is 8.68. The number of nitrogens with zero attached hydrogens (tertiary/aromatic N) is 2. The molecule has 0 spiro atoms. The predicted octanol–water partition coefficient (Wildman–Crippen LogP) is 2.45. The molecule has 3 nitrogen and oxygen atoms in total. The fraction of sp³-hybridized carbons (Fsp3) is 0.200. The number of pyridine rings is 1. The van der Waals surface area contributed by atoms with Gasteiger partial charge in [-0.25, -0.2) is 0 Å². The van der Waals surface area contributed by atoms with E-state index in [0.717, 1.165) is 11.1 Å². The van der Waals surface area contributed by atoms with Crippen LogP contribution in [0.2, 0.25) is 0 Å². The Labute approximate surface area is 75.6 Å². The van der Waals surface area contributed by atoms with Crippen molar-refractivity contribution in [1.82, 2.24) is 4.98 Å². The minimum atomic E-state index is -0.214. The quantitative estimate of drug-likeness (QED) is 0.663. The molecule has 2 heterocycles. The molecular weight excluding hydrogens is 164 g/mol. The molecule has 2 aromatic rings. The molecule has 64 valence electrons. The summed E-state index contributed by atoms with van der Waals surface area (Å²) < 4.78 is 5.44. The SMILES string of the molecule is CC(C#N)c1cc2ncccc2o1. The van der Waals surface area contributed by atoms with Gasteiger partial charge in [0.25, 0.3) is 0 Å². The summed E-state index contributed by atoms with van der Waals surface area (Å²) in [6.07, 6.45) is 1.71. The fourth-order valence-corrected chi connectivity index (χ4v) is 1.17. The predicted molar refractivity (Wildman–Crippen MR) is 48.0 cm³/mol. The summed E-state index contributed by atoms with van der Waals surface area (Å²) in [5.74, 6) is 0.463. The molecule has 0 N–H and O–H groups in total. The Morgan fingerprint density at radius 2 is 2.46 bits per heavy atom. The van der Waals surface area contributed by atoms with Gasteiger partial charge in [0.1, 0.15) is 17.2 Å². The van der Waals surface area contributed by atoms with Crippen molar-refractivity contribution in [3.63, 3.8) is 0 Å². The van der Waals surface area contributed by atoms with Crippen LogP contribution in [0.15, 0.2) is 28.8 Å². The molecule has 0 amide bonds. The van der Waals surface area contributed by atoms with Crippen molar-refractivity contribution in [1.29, 1.82) is 5.26 Å². The lowest BCUT2D eigenvalue weighted by atomic mass is 10.1. The molecular formula is C10H8N2O. The maximum atomic E-state index is 8.68. The Morgan fingerprint density at radius 3 is 3.15 bits per heavy atom. The van der Waals surface area contributed by atoms with E-state index in [-0.39, 0.29) is 5.92 Å². The molecule has 0 bridgehead atoms. The molecule has 0 fully saturated rings. The molecule has 0 aliphatic heterocycles. The van der Waals surface area contributed by atoms with Gasteiger partial charge >= 0.3 is 0 Å². The van der Waals surface area contributed by atoms with Gasteiger partial charge in [-0.15, -0.1) is 0 Å². The van der Waals surface area contributed by atoms with E-state index in [1.54, 1.807) is 13.1 Å². The normalized spacial score (nSPS) is 12.6. The average Bonchev–Trinajstić information content (AvgIpc) is 2.59. The number of furan rings is 1. The number of aromatic nitrogens is 1. The molecule has 0 saturated heterocycles. The monoisotopic (exact) mass is 172 g/mol. The summed E-state index contributed by atoms with van der Waals surface area (Å²) in [4.78, 5) is 4.12. The highest BCUT2D eigenvalue weighted by atomic mass is 16.3. The highest BCUT2D eigenvalue weighted by molar-refractivity contribution is 5.72. The zero-order valence-electron chi connectivity index (χ0n) is 7.19. The van der Waals surface area contributed by atoms with Crippen LogP contribution in [0.1, 0.15) is 18.6 Å². The van der Waals surface area contributed by atoms with Gasteiger partial charge in [0.15, 0.2) is 5.58 Å². The molecule has 3 heteroatoms. The first kappa shape index (κ1) is 7.81. The zero-order valence-corrected chi connectivity index (χ0v) is 7.19. The van der Waals surface area contributed by atoms with Crippen molar-refractivity contribution in [2.75, 3.05) is 0 Å².